The molecule has 1 aliphatic heterocycles. The van der Waals surface area contributed by atoms with Gasteiger partial charge in [0.25, 0.3) is 0 Å². The van der Waals surface area contributed by atoms with Crippen molar-refractivity contribution < 1.29 is 14.7 Å². The first-order chi connectivity index (χ1) is 8.58. The number of hydrogen-bond acceptors (Lipinski definition) is 3. The molecular weight excluding hydrogens is 234 g/mol. The van der Waals surface area contributed by atoms with E-state index in [1.54, 1.807) is 10.9 Å². The van der Waals surface area contributed by atoms with Crippen LogP contribution in [0.2, 0.25) is 0 Å². The highest BCUT2D eigenvalue weighted by Gasteiger charge is 2.33. The van der Waals surface area contributed by atoms with Crippen LogP contribution in [0.4, 0.5) is 0 Å². The van der Waals surface area contributed by atoms with Gasteiger partial charge in [0.1, 0.15) is 6.04 Å². The predicted octanol–water partition coefficient (Wildman–Crippen LogP) is 0.428. The zero-order chi connectivity index (χ0) is 13.1. The Labute approximate surface area is 105 Å². The van der Waals surface area contributed by atoms with Crippen LogP contribution in [0.5, 0.6) is 0 Å². The standard InChI is InChI=1S/C12H17N3O3/c1-14-8-9(7-13-14)4-5-11(16)15-6-2-3-10(15)12(17)18/h7-8,10H,2-6H2,1H3,(H,17,18). The van der Waals surface area contributed by atoms with Gasteiger partial charge < -0.3 is 10.0 Å². The molecule has 98 valence electrons. The molecule has 1 saturated heterocycles. The number of aliphatic carboxylic acids is 1. The Morgan fingerprint density at radius 3 is 2.94 bits per heavy atom. The van der Waals surface area contributed by atoms with Crippen molar-refractivity contribution >= 4 is 11.9 Å². The molecule has 0 radical (unpaired) electrons. The van der Waals surface area contributed by atoms with Gasteiger partial charge in [-0.1, -0.05) is 0 Å². The summed E-state index contributed by atoms with van der Waals surface area (Å²) in [6.07, 6.45) is 5.88. The third-order valence-corrected chi connectivity index (χ3v) is 3.24. The largest absolute Gasteiger partial charge is 0.480 e. The molecule has 1 fully saturated rings. The smallest absolute Gasteiger partial charge is 0.326 e. The minimum absolute atomic E-state index is 0.0799. The molecule has 2 rings (SSSR count). The van der Waals surface area contributed by atoms with Gasteiger partial charge in [-0.15, -0.1) is 0 Å². The Morgan fingerprint density at radius 1 is 1.56 bits per heavy atom. The van der Waals surface area contributed by atoms with E-state index in [9.17, 15) is 9.59 Å². The van der Waals surface area contributed by atoms with E-state index >= 15 is 0 Å². The minimum atomic E-state index is -0.901. The van der Waals surface area contributed by atoms with Gasteiger partial charge in [0, 0.05) is 26.2 Å². The Bertz CT molecular complexity index is 455. The number of hydrogen-bond donors (Lipinski definition) is 1. The molecule has 18 heavy (non-hydrogen) atoms. The fourth-order valence-electron chi connectivity index (χ4n) is 2.32. The van der Waals surface area contributed by atoms with Crippen molar-refractivity contribution in [3.05, 3.63) is 18.0 Å². The maximum absolute atomic E-state index is 12.0. The van der Waals surface area contributed by atoms with Crippen molar-refractivity contribution in [1.29, 1.82) is 0 Å². The highest BCUT2D eigenvalue weighted by molar-refractivity contribution is 5.84. The number of carbonyl (C=O) groups excluding carboxylic acids is 1. The molecule has 1 amide bonds. The van der Waals surface area contributed by atoms with Gasteiger partial charge in [-0.2, -0.15) is 5.10 Å². The number of amides is 1. The normalized spacial score (nSPS) is 19.2. The molecule has 6 heteroatoms. The lowest BCUT2D eigenvalue weighted by Crippen LogP contribution is -2.40. The van der Waals surface area contributed by atoms with Crippen LogP contribution < -0.4 is 0 Å². The summed E-state index contributed by atoms with van der Waals surface area (Å²) in [5.74, 6) is -0.981. The van der Waals surface area contributed by atoms with E-state index in [4.69, 9.17) is 5.11 Å². The topological polar surface area (TPSA) is 75.4 Å². The van der Waals surface area contributed by atoms with Gasteiger partial charge >= 0.3 is 5.97 Å². The van der Waals surface area contributed by atoms with Crippen LogP contribution in [-0.4, -0.2) is 44.3 Å². The quantitative estimate of drug-likeness (QED) is 0.842. The fraction of sp³-hybridized carbons (Fsp3) is 0.583. The van der Waals surface area contributed by atoms with Crippen molar-refractivity contribution in [2.45, 2.75) is 31.7 Å². The van der Waals surface area contributed by atoms with E-state index in [1.165, 1.54) is 4.90 Å². The predicted molar refractivity (Wildman–Crippen MR) is 63.9 cm³/mol. The van der Waals surface area contributed by atoms with Crippen LogP contribution in [0.3, 0.4) is 0 Å². The number of likely N-dealkylation sites (tertiary alicyclic amines) is 1. The zero-order valence-corrected chi connectivity index (χ0v) is 10.4. The molecular formula is C12H17N3O3. The summed E-state index contributed by atoms with van der Waals surface area (Å²) >= 11 is 0. The first-order valence-corrected chi connectivity index (χ1v) is 6.07. The summed E-state index contributed by atoms with van der Waals surface area (Å²) in [5.41, 5.74) is 0.997. The average Bonchev–Trinajstić information content (AvgIpc) is 2.94. The third kappa shape index (κ3) is 2.69. The van der Waals surface area contributed by atoms with E-state index in [1.807, 2.05) is 13.2 Å². The SMILES string of the molecule is Cn1cc(CCC(=O)N2CCCC2C(=O)O)cn1. The number of carbonyl (C=O) groups is 2. The monoisotopic (exact) mass is 251 g/mol. The van der Waals surface area contributed by atoms with Crippen LogP contribution >= 0.6 is 0 Å². The lowest BCUT2D eigenvalue weighted by molar-refractivity contribution is -0.148. The average molecular weight is 251 g/mol. The highest BCUT2D eigenvalue weighted by atomic mass is 16.4. The van der Waals surface area contributed by atoms with Crippen LogP contribution in [0.25, 0.3) is 0 Å². The summed E-state index contributed by atoms with van der Waals surface area (Å²) in [4.78, 5) is 24.4. The van der Waals surface area contributed by atoms with E-state index in [0.717, 1.165) is 12.0 Å². The van der Waals surface area contributed by atoms with Crippen molar-refractivity contribution in [3.63, 3.8) is 0 Å². The van der Waals surface area contributed by atoms with E-state index in [2.05, 4.69) is 5.10 Å². The second-order valence-electron chi connectivity index (χ2n) is 4.61. The van der Waals surface area contributed by atoms with E-state index in [-0.39, 0.29) is 5.91 Å². The highest BCUT2D eigenvalue weighted by Crippen LogP contribution is 2.19. The molecule has 1 N–H and O–H groups in total. The van der Waals surface area contributed by atoms with Crippen LogP contribution in [-0.2, 0) is 23.1 Å². The summed E-state index contributed by atoms with van der Waals surface area (Å²) in [7, 11) is 1.83. The molecule has 0 aliphatic carbocycles. The molecule has 1 atom stereocenters. The first-order valence-electron chi connectivity index (χ1n) is 6.07. The Morgan fingerprint density at radius 2 is 2.33 bits per heavy atom. The zero-order valence-electron chi connectivity index (χ0n) is 10.4. The molecule has 1 aromatic rings. The molecule has 1 unspecified atom stereocenters. The third-order valence-electron chi connectivity index (χ3n) is 3.24. The molecule has 0 bridgehead atoms. The minimum Gasteiger partial charge on any atom is -0.480 e. The summed E-state index contributed by atoms with van der Waals surface area (Å²) in [5, 5.41) is 13.0. The Hall–Kier alpha value is -1.85. The molecule has 2 heterocycles. The number of aromatic nitrogens is 2. The molecule has 1 aliphatic rings. The maximum Gasteiger partial charge on any atom is 0.326 e. The summed E-state index contributed by atoms with van der Waals surface area (Å²) < 4.78 is 1.69. The number of rotatable bonds is 4. The second kappa shape index (κ2) is 5.20. The molecule has 1 aromatic heterocycles. The van der Waals surface area contributed by atoms with Crippen molar-refractivity contribution in [2.24, 2.45) is 7.05 Å². The summed E-state index contributed by atoms with van der Waals surface area (Å²) in [6.45, 7) is 0.558. The van der Waals surface area contributed by atoms with Gasteiger partial charge in [0.2, 0.25) is 5.91 Å². The van der Waals surface area contributed by atoms with Gasteiger partial charge in [0.05, 0.1) is 6.20 Å². The van der Waals surface area contributed by atoms with Gasteiger partial charge in [-0.3, -0.25) is 9.48 Å². The van der Waals surface area contributed by atoms with Gasteiger partial charge in [0.15, 0.2) is 0 Å². The second-order valence-corrected chi connectivity index (χ2v) is 4.61. The number of carboxylic acid groups (broad SMARTS) is 1. The lowest BCUT2D eigenvalue weighted by atomic mass is 10.1. The molecule has 0 aromatic carbocycles. The molecule has 0 spiro atoms. The van der Waals surface area contributed by atoms with Crippen LogP contribution in [0, 0.1) is 0 Å². The number of nitrogens with zero attached hydrogens (tertiary/aromatic N) is 3. The lowest BCUT2D eigenvalue weighted by Gasteiger charge is -2.21. The first kappa shape index (κ1) is 12.6. The van der Waals surface area contributed by atoms with Crippen molar-refractivity contribution in [2.75, 3.05) is 6.54 Å². The number of aryl methyl sites for hydroxylation is 2. The Balaban J connectivity index is 1.89. The fourth-order valence-corrected chi connectivity index (χ4v) is 2.32. The van der Waals surface area contributed by atoms with Crippen LogP contribution in [0.1, 0.15) is 24.8 Å². The van der Waals surface area contributed by atoms with Crippen molar-refractivity contribution in [3.8, 4) is 0 Å². The van der Waals surface area contributed by atoms with E-state index < -0.39 is 12.0 Å². The van der Waals surface area contributed by atoms with Crippen LogP contribution in [0.15, 0.2) is 12.4 Å². The van der Waals surface area contributed by atoms with E-state index in [0.29, 0.717) is 25.8 Å². The summed E-state index contributed by atoms with van der Waals surface area (Å²) in [6, 6.07) is -0.633. The van der Waals surface area contributed by atoms with Crippen molar-refractivity contribution in [1.82, 2.24) is 14.7 Å². The van der Waals surface area contributed by atoms with Gasteiger partial charge in [-0.05, 0) is 24.8 Å². The Kier molecular flexibility index (Phi) is 3.64. The number of carboxylic acids is 1. The molecule has 0 saturated carbocycles. The molecule has 6 nitrogen and oxygen atoms in total. The van der Waals surface area contributed by atoms with Gasteiger partial charge in [-0.25, -0.2) is 4.79 Å². The maximum atomic E-state index is 12.0.